The second-order valence-electron chi connectivity index (χ2n) is 1.34. The van der Waals surface area contributed by atoms with Gasteiger partial charge in [-0.05, 0) is 23.1 Å². The average molecular weight is 134 g/mol. The van der Waals surface area contributed by atoms with Crippen LogP contribution in [0.4, 0.5) is 0 Å². The molecule has 1 rings (SSSR count). The van der Waals surface area contributed by atoms with Crippen LogP contribution in [0.25, 0.3) is 0 Å². The van der Waals surface area contributed by atoms with Crippen molar-refractivity contribution in [3.05, 3.63) is 28.2 Å². The van der Waals surface area contributed by atoms with Gasteiger partial charge in [-0.1, -0.05) is 11.6 Å². The molecule has 0 N–H and O–H groups in total. The van der Waals surface area contributed by atoms with Crippen LogP contribution in [0, 0.1) is 6.26 Å². The van der Waals surface area contributed by atoms with Gasteiger partial charge < -0.3 is 0 Å². The highest BCUT2D eigenvalue weighted by Crippen LogP contribution is 2.35. The highest BCUT2D eigenvalue weighted by Gasteiger charge is 1.95. The Morgan fingerprint density at radius 2 is 2.43 bits per heavy atom. The highest BCUT2D eigenvalue weighted by molar-refractivity contribution is 8.23. The maximum absolute atomic E-state index is 5.56. The van der Waals surface area contributed by atoms with Crippen molar-refractivity contribution in [2.24, 2.45) is 0 Å². The molecule has 1 aliphatic heterocycles. The second-order valence-corrected chi connectivity index (χ2v) is 3.37. The van der Waals surface area contributed by atoms with Crippen LogP contribution in [0.15, 0.2) is 21.9 Å². The van der Waals surface area contributed by atoms with Crippen molar-refractivity contribution in [2.75, 3.05) is 0 Å². The third kappa shape index (κ3) is 1.25. The molecule has 0 fully saturated rings. The Hall–Kier alpha value is 0.120. The van der Waals surface area contributed by atoms with E-state index in [0.717, 1.165) is 5.03 Å². The van der Waals surface area contributed by atoms with Crippen LogP contribution in [0.5, 0.6) is 0 Å². The minimum Gasteiger partial charge on any atom is -0.211 e. The predicted octanol–water partition coefficient (Wildman–Crippen LogP) is 2.39. The van der Waals surface area contributed by atoms with E-state index in [-0.39, 0.29) is 10.9 Å². The molecular formula is C5H6ClS. The molecule has 0 aromatic carbocycles. The van der Waals surface area contributed by atoms with E-state index < -0.39 is 0 Å². The molecule has 0 saturated carbocycles. The molecule has 0 aromatic rings. The largest absolute Gasteiger partial charge is 0.211 e. The van der Waals surface area contributed by atoms with Gasteiger partial charge in [0.25, 0.3) is 0 Å². The Balaban J connectivity index is 2.69. The number of thiol groups is 1. The van der Waals surface area contributed by atoms with E-state index in [0.29, 0.717) is 0 Å². The van der Waals surface area contributed by atoms with Crippen LogP contribution in [0.1, 0.15) is 0 Å². The maximum Gasteiger partial charge on any atom is 0.0459 e. The summed E-state index contributed by atoms with van der Waals surface area (Å²) in [6.45, 7) is 0. The van der Waals surface area contributed by atoms with Gasteiger partial charge in [-0.15, -0.1) is 0 Å². The lowest BCUT2D eigenvalue weighted by atomic mass is 10.6. The molecular weight excluding hydrogens is 128 g/mol. The normalized spacial score (nSPS) is 33.4. The summed E-state index contributed by atoms with van der Waals surface area (Å²) in [5.74, 6) is 0. The van der Waals surface area contributed by atoms with Gasteiger partial charge in [0.15, 0.2) is 0 Å². The van der Waals surface area contributed by atoms with E-state index in [2.05, 4.69) is 6.26 Å². The zero-order valence-corrected chi connectivity index (χ0v) is 5.41. The first-order valence-corrected chi connectivity index (χ1v) is 3.98. The summed E-state index contributed by atoms with van der Waals surface area (Å²) in [5, 5.41) is 4.83. The van der Waals surface area contributed by atoms with Gasteiger partial charge in [-0.3, -0.25) is 0 Å². The summed E-state index contributed by atoms with van der Waals surface area (Å²) < 4.78 is 0. The van der Waals surface area contributed by atoms with Crippen LogP contribution in [0.3, 0.4) is 0 Å². The molecule has 1 heterocycles. The van der Waals surface area contributed by atoms with Gasteiger partial charge in [0.2, 0.25) is 0 Å². The summed E-state index contributed by atoms with van der Waals surface area (Å²) in [4.78, 5) is 0. The molecule has 0 spiro atoms. The first-order valence-electron chi connectivity index (χ1n) is 1.93. The molecule has 0 aromatic heterocycles. The molecule has 1 unspecified atom stereocenters. The number of hydrogen-bond donors (Lipinski definition) is 1. The highest BCUT2D eigenvalue weighted by atomic mass is 35.5. The van der Waals surface area contributed by atoms with Crippen molar-refractivity contribution in [1.82, 2.24) is 0 Å². The van der Waals surface area contributed by atoms with Gasteiger partial charge in [0, 0.05) is 5.03 Å². The molecule has 0 amide bonds. The van der Waals surface area contributed by atoms with Crippen molar-refractivity contribution in [1.29, 1.82) is 0 Å². The Morgan fingerprint density at radius 3 is 2.57 bits per heavy atom. The Kier molecular flexibility index (Phi) is 1.45. The summed E-state index contributed by atoms with van der Waals surface area (Å²) in [5.41, 5.74) is 0. The third-order valence-corrected chi connectivity index (χ3v) is 2.24. The molecule has 7 heavy (non-hydrogen) atoms. The van der Waals surface area contributed by atoms with Crippen molar-refractivity contribution in [3.63, 3.8) is 0 Å². The van der Waals surface area contributed by atoms with Crippen LogP contribution in [0.2, 0.25) is 0 Å². The fourth-order valence-electron chi connectivity index (χ4n) is 0.411. The number of allylic oxidation sites excluding steroid dienone is 2. The smallest absolute Gasteiger partial charge is 0.0459 e. The van der Waals surface area contributed by atoms with Gasteiger partial charge in [-0.25, -0.2) is 10.9 Å². The number of halogens is 1. The van der Waals surface area contributed by atoms with Gasteiger partial charge in [-0.2, -0.15) is 0 Å². The first kappa shape index (κ1) is 5.26. The van der Waals surface area contributed by atoms with E-state index in [4.69, 9.17) is 11.6 Å². The molecule has 0 aliphatic carbocycles. The number of hydrogen-bond acceptors (Lipinski definition) is 0. The zero-order chi connectivity index (χ0) is 5.28. The van der Waals surface area contributed by atoms with Crippen molar-refractivity contribution < 1.29 is 0 Å². The molecule has 39 valence electrons. The Bertz CT molecular complexity index is 126. The summed E-state index contributed by atoms with van der Waals surface area (Å²) in [6, 6.07) is 0. The SMILES string of the molecule is [CH2][SH]1C=CC(Cl)=C1. The monoisotopic (exact) mass is 133 g/mol. The van der Waals surface area contributed by atoms with Crippen LogP contribution < -0.4 is 0 Å². The van der Waals surface area contributed by atoms with E-state index in [1.165, 1.54) is 0 Å². The van der Waals surface area contributed by atoms with Crippen LogP contribution in [-0.2, 0) is 0 Å². The number of rotatable bonds is 0. The predicted molar refractivity (Wildman–Crippen MR) is 37.4 cm³/mol. The second kappa shape index (κ2) is 1.93. The minimum atomic E-state index is -0.229. The van der Waals surface area contributed by atoms with Crippen molar-refractivity contribution in [2.45, 2.75) is 0 Å². The minimum absolute atomic E-state index is 0.229. The van der Waals surface area contributed by atoms with E-state index in [1.807, 2.05) is 16.9 Å². The Morgan fingerprint density at radius 1 is 1.71 bits per heavy atom. The van der Waals surface area contributed by atoms with Crippen LogP contribution >= 0.6 is 22.5 Å². The van der Waals surface area contributed by atoms with Crippen molar-refractivity contribution in [3.8, 4) is 0 Å². The summed E-state index contributed by atoms with van der Waals surface area (Å²) in [7, 11) is -0.229. The molecule has 1 aliphatic rings. The molecule has 0 saturated heterocycles. The summed E-state index contributed by atoms with van der Waals surface area (Å²) >= 11 is 5.56. The van der Waals surface area contributed by atoms with E-state index in [1.54, 1.807) is 0 Å². The molecule has 1 atom stereocenters. The lowest BCUT2D eigenvalue weighted by Crippen LogP contribution is -1.47. The average Bonchev–Trinajstić information content (AvgIpc) is 1.87. The standard InChI is InChI=1S/C5H6ClS/c1-7-3-2-5(6)4-7/h2-4,7H,1H2. The molecule has 0 nitrogen and oxygen atoms in total. The topological polar surface area (TPSA) is 0 Å². The molecule has 1 radical (unpaired) electrons. The van der Waals surface area contributed by atoms with Crippen LogP contribution in [-0.4, -0.2) is 0 Å². The lowest BCUT2D eigenvalue weighted by Gasteiger charge is -1.92. The fraction of sp³-hybridized carbons (Fsp3) is 0. The molecule has 2 heteroatoms. The fourth-order valence-corrected chi connectivity index (χ4v) is 1.78. The molecule has 0 bridgehead atoms. The summed E-state index contributed by atoms with van der Waals surface area (Å²) in [6.07, 6.45) is 5.69. The lowest BCUT2D eigenvalue weighted by molar-refractivity contribution is 2.04. The Labute approximate surface area is 51.2 Å². The van der Waals surface area contributed by atoms with Gasteiger partial charge >= 0.3 is 0 Å². The van der Waals surface area contributed by atoms with Crippen molar-refractivity contribution >= 4 is 22.5 Å². The van der Waals surface area contributed by atoms with Gasteiger partial charge in [0.1, 0.15) is 0 Å². The first-order chi connectivity index (χ1) is 3.29. The quantitative estimate of drug-likeness (QED) is 0.482. The third-order valence-electron chi connectivity index (χ3n) is 0.714. The zero-order valence-electron chi connectivity index (χ0n) is 3.76. The van der Waals surface area contributed by atoms with Gasteiger partial charge in [0.05, 0.1) is 0 Å². The maximum atomic E-state index is 5.56. The van der Waals surface area contributed by atoms with E-state index >= 15 is 0 Å². The van der Waals surface area contributed by atoms with E-state index in [9.17, 15) is 0 Å².